The highest BCUT2D eigenvalue weighted by Gasteiger charge is 2.28. The Balaban J connectivity index is 1.78. The molecule has 1 saturated carbocycles. The second-order valence-electron chi connectivity index (χ2n) is 5.38. The van der Waals surface area contributed by atoms with Crippen LogP contribution in [-0.2, 0) is 6.54 Å². The minimum atomic E-state index is -4.14. The number of halogens is 3. The third kappa shape index (κ3) is 3.49. The van der Waals surface area contributed by atoms with Gasteiger partial charge in [-0.25, -0.2) is 4.98 Å². The van der Waals surface area contributed by atoms with Crippen molar-refractivity contribution in [3.63, 3.8) is 0 Å². The molecule has 0 bridgehead atoms. The predicted molar refractivity (Wildman–Crippen MR) is 76.9 cm³/mol. The van der Waals surface area contributed by atoms with Crippen molar-refractivity contribution < 1.29 is 13.2 Å². The first-order valence-electron chi connectivity index (χ1n) is 6.90. The van der Waals surface area contributed by atoms with E-state index in [4.69, 9.17) is 0 Å². The number of hydrogen-bond acceptors (Lipinski definition) is 4. The Bertz CT molecular complexity index is 614. The van der Waals surface area contributed by atoms with Gasteiger partial charge in [-0.3, -0.25) is 4.40 Å². The third-order valence-corrected chi connectivity index (χ3v) is 4.32. The van der Waals surface area contributed by atoms with E-state index in [1.807, 2.05) is 16.0 Å². The van der Waals surface area contributed by atoms with Crippen molar-refractivity contribution in [3.8, 4) is 0 Å². The molecule has 0 amide bonds. The monoisotopic (exact) mass is 318 g/mol. The first kappa shape index (κ1) is 14.6. The van der Waals surface area contributed by atoms with Crippen LogP contribution in [0.15, 0.2) is 11.6 Å². The molecule has 0 aromatic carbocycles. The molecular weight excluding hydrogens is 301 g/mol. The van der Waals surface area contributed by atoms with Crippen molar-refractivity contribution in [2.75, 3.05) is 18.5 Å². The van der Waals surface area contributed by atoms with E-state index in [0.29, 0.717) is 18.4 Å². The van der Waals surface area contributed by atoms with Gasteiger partial charge in [-0.2, -0.15) is 13.2 Å². The fourth-order valence-electron chi connectivity index (χ4n) is 2.22. The van der Waals surface area contributed by atoms with Gasteiger partial charge >= 0.3 is 6.18 Å². The van der Waals surface area contributed by atoms with Crippen LogP contribution in [0.1, 0.15) is 25.0 Å². The molecule has 2 aromatic rings. The minimum Gasteiger partial charge on any atom is -0.358 e. The van der Waals surface area contributed by atoms with E-state index in [9.17, 15) is 13.2 Å². The lowest BCUT2D eigenvalue weighted by Gasteiger charge is -2.19. The number of anilines is 1. The maximum atomic E-state index is 12.4. The van der Waals surface area contributed by atoms with Crippen molar-refractivity contribution in [3.05, 3.63) is 17.3 Å². The van der Waals surface area contributed by atoms with E-state index in [1.165, 1.54) is 24.2 Å². The van der Waals surface area contributed by atoms with Gasteiger partial charge in [-0.05, 0) is 12.8 Å². The molecule has 1 N–H and O–H groups in total. The number of imidazole rings is 1. The summed E-state index contributed by atoms with van der Waals surface area (Å²) in [6.45, 7) is 0.555. The van der Waals surface area contributed by atoms with E-state index in [1.54, 1.807) is 11.9 Å². The maximum Gasteiger partial charge on any atom is 0.390 e. The Kier molecular flexibility index (Phi) is 3.83. The van der Waals surface area contributed by atoms with Crippen LogP contribution < -0.4 is 10.2 Å². The zero-order chi connectivity index (χ0) is 15.0. The molecule has 2 aromatic heterocycles. The van der Waals surface area contributed by atoms with Crippen LogP contribution in [0.5, 0.6) is 0 Å². The first-order valence-corrected chi connectivity index (χ1v) is 7.78. The summed E-state index contributed by atoms with van der Waals surface area (Å²) in [5.74, 6) is 0.638. The van der Waals surface area contributed by atoms with Gasteiger partial charge in [-0.15, -0.1) is 11.3 Å². The summed E-state index contributed by atoms with van der Waals surface area (Å²) in [5, 5.41) is 5.34. The number of aromatic nitrogens is 2. The van der Waals surface area contributed by atoms with Gasteiger partial charge in [0.15, 0.2) is 10.8 Å². The molecule has 0 radical (unpaired) electrons. The summed E-state index contributed by atoms with van der Waals surface area (Å²) in [6.07, 6.45) is -0.713. The second-order valence-corrected chi connectivity index (χ2v) is 6.25. The zero-order valence-electron chi connectivity index (χ0n) is 11.7. The fourth-order valence-corrected chi connectivity index (χ4v) is 2.95. The minimum absolute atomic E-state index is 0.0786. The molecule has 1 aliphatic carbocycles. The summed E-state index contributed by atoms with van der Waals surface area (Å²) >= 11 is 1.49. The fraction of sp³-hybridized carbons (Fsp3) is 0.615. The normalized spacial score (nSPS) is 15.8. The van der Waals surface area contributed by atoms with Crippen LogP contribution >= 0.6 is 11.3 Å². The van der Waals surface area contributed by atoms with Crippen molar-refractivity contribution in [2.45, 2.75) is 38.0 Å². The Morgan fingerprint density at radius 2 is 2.24 bits per heavy atom. The third-order valence-electron chi connectivity index (χ3n) is 3.57. The zero-order valence-corrected chi connectivity index (χ0v) is 12.5. The van der Waals surface area contributed by atoms with Crippen LogP contribution in [0.2, 0.25) is 0 Å². The molecule has 4 nitrogen and oxygen atoms in total. The van der Waals surface area contributed by atoms with Gasteiger partial charge in [0.25, 0.3) is 0 Å². The Morgan fingerprint density at radius 3 is 2.90 bits per heavy atom. The van der Waals surface area contributed by atoms with E-state index in [-0.39, 0.29) is 6.54 Å². The smallest absolute Gasteiger partial charge is 0.358 e. The number of nitrogens with zero attached hydrogens (tertiary/aromatic N) is 3. The van der Waals surface area contributed by atoms with Gasteiger partial charge in [0.2, 0.25) is 0 Å². The first-order chi connectivity index (χ1) is 9.94. The van der Waals surface area contributed by atoms with E-state index >= 15 is 0 Å². The Hall–Kier alpha value is -1.28. The topological polar surface area (TPSA) is 32.6 Å². The van der Waals surface area contributed by atoms with E-state index < -0.39 is 12.6 Å². The summed E-state index contributed by atoms with van der Waals surface area (Å²) in [6, 6.07) is 0.544. The van der Waals surface area contributed by atoms with Crippen molar-refractivity contribution in [2.24, 2.45) is 0 Å². The molecule has 0 saturated heterocycles. The number of rotatable bonds is 6. The summed E-state index contributed by atoms with van der Waals surface area (Å²) < 4.78 is 39.1. The van der Waals surface area contributed by atoms with Gasteiger partial charge in [0.05, 0.1) is 12.1 Å². The second kappa shape index (κ2) is 5.49. The highest BCUT2D eigenvalue weighted by atomic mass is 32.1. The molecule has 0 aliphatic heterocycles. The predicted octanol–water partition coefficient (Wildman–Crippen LogP) is 3.04. The lowest BCUT2D eigenvalue weighted by atomic mass is 10.3. The van der Waals surface area contributed by atoms with Gasteiger partial charge in [0.1, 0.15) is 0 Å². The average molecular weight is 318 g/mol. The largest absolute Gasteiger partial charge is 0.390 e. The molecule has 1 aliphatic rings. The van der Waals surface area contributed by atoms with Crippen molar-refractivity contribution in [1.29, 1.82) is 0 Å². The standard InChI is InChI=1S/C13H17F3N4S/c1-19(5-4-13(14,15)16)11-10(8-17-9-2-3-9)20-6-7-21-12(20)18-11/h6-7,9,17H,2-5,8H2,1H3. The number of fused-ring (bicyclic) bond motifs is 1. The SMILES string of the molecule is CN(CCC(F)(F)F)c1nc2sccn2c1CNC1CC1. The summed E-state index contributed by atoms with van der Waals surface area (Å²) in [7, 11) is 1.67. The molecule has 0 atom stereocenters. The maximum absolute atomic E-state index is 12.4. The van der Waals surface area contributed by atoms with E-state index in [0.717, 1.165) is 10.7 Å². The molecule has 21 heavy (non-hydrogen) atoms. The summed E-state index contributed by atoms with van der Waals surface area (Å²) in [4.78, 5) is 6.88. The number of thiazole rings is 1. The number of nitrogens with one attached hydrogen (secondary N) is 1. The molecule has 8 heteroatoms. The van der Waals surface area contributed by atoms with Crippen LogP contribution in [-0.4, -0.2) is 35.2 Å². The van der Waals surface area contributed by atoms with Crippen LogP contribution in [0.3, 0.4) is 0 Å². The molecule has 116 valence electrons. The van der Waals surface area contributed by atoms with Crippen LogP contribution in [0.4, 0.5) is 19.0 Å². The number of alkyl halides is 3. The van der Waals surface area contributed by atoms with Gasteiger partial charge < -0.3 is 10.2 Å². The molecule has 3 rings (SSSR count). The lowest BCUT2D eigenvalue weighted by Crippen LogP contribution is -2.26. The van der Waals surface area contributed by atoms with Crippen molar-refractivity contribution in [1.82, 2.24) is 14.7 Å². The van der Waals surface area contributed by atoms with Crippen LogP contribution in [0, 0.1) is 0 Å². The highest BCUT2D eigenvalue weighted by Crippen LogP contribution is 2.27. The highest BCUT2D eigenvalue weighted by molar-refractivity contribution is 7.15. The van der Waals surface area contributed by atoms with Gasteiger partial charge in [0, 0.05) is 37.8 Å². The molecule has 1 fully saturated rings. The average Bonchev–Trinajstić information content (AvgIpc) is 3.00. The lowest BCUT2D eigenvalue weighted by molar-refractivity contribution is -0.132. The van der Waals surface area contributed by atoms with Gasteiger partial charge in [-0.1, -0.05) is 0 Å². The summed E-state index contributed by atoms with van der Waals surface area (Å²) in [5.41, 5.74) is 0.933. The number of hydrogen-bond donors (Lipinski definition) is 1. The van der Waals surface area contributed by atoms with E-state index in [2.05, 4.69) is 10.3 Å². The molecule has 0 spiro atoms. The quantitative estimate of drug-likeness (QED) is 0.888. The molecule has 2 heterocycles. The Labute approximate surface area is 124 Å². The Morgan fingerprint density at radius 1 is 1.48 bits per heavy atom. The van der Waals surface area contributed by atoms with Crippen molar-refractivity contribution >= 4 is 22.1 Å². The molecule has 0 unspecified atom stereocenters. The molecular formula is C13H17F3N4S. The van der Waals surface area contributed by atoms with Crippen LogP contribution in [0.25, 0.3) is 4.96 Å².